The molecule has 0 bridgehead atoms. The second kappa shape index (κ2) is 11.8. The second-order valence-electron chi connectivity index (χ2n) is 11.8. The molecule has 0 fully saturated rings. The SMILES string of the molecule is C=CC[N+](C)(C)C.CN(C)[C@@H]1C(O)=C(C(N)=O)C(=O)[C@@]2(O)C(O)=C3C(=O)c4c(O)cccc4[C@@](C)(O)[C@H]3[C@H](O)[C@@H]12.[Ca+2]. The number of aliphatic hydroxyl groups excluding tert-OH is 3. The summed E-state index contributed by atoms with van der Waals surface area (Å²) in [6, 6.07) is 2.54. The molecule has 1 aromatic carbocycles. The fourth-order valence-electron chi connectivity index (χ4n) is 5.99. The Bertz CT molecular complexity index is 1350. The zero-order valence-corrected chi connectivity index (χ0v) is 26.3. The monoisotopic (exact) mass is 600 g/mol. The van der Waals surface area contributed by atoms with E-state index < -0.39 is 81.1 Å². The summed E-state index contributed by atoms with van der Waals surface area (Å²) in [5, 5.41) is 66.5. The van der Waals surface area contributed by atoms with Gasteiger partial charge in [-0.05, 0) is 38.7 Å². The van der Waals surface area contributed by atoms with Gasteiger partial charge in [-0.2, -0.15) is 0 Å². The number of rotatable bonds is 4. The number of ketones is 2. The zero-order valence-electron chi connectivity index (χ0n) is 24.1. The van der Waals surface area contributed by atoms with Crippen molar-refractivity contribution in [3.8, 4) is 5.75 Å². The molecule has 3 aliphatic rings. The first kappa shape index (κ1) is 34.9. The van der Waals surface area contributed by atoms with Crippen molar-refractivity contribution >= 4 is 55.2 Å². The van der Waals surface area contributed by atoms with Crippen LogP contribution in [-0.2, 0) is 15.2 Å². The molecular weight excluding hydrogens is 562 g/mol. The second-order valence-corrected chi connectivity index (χ2v) is 11.8. The van der Waals surface area contributed by atoms with Crippen molar-refractivity contribution in [2.45, 2.75) is 30.3 Å². The van der Waals surface area contributed by atoms with Gasteiger partial charge in [0.25, 0.3) is 5.91 Å². The third kappa shape index (κ3) is 5.48. The van der Waals surface area contributed by atoms with Gasteiger partial charge in [-0.15, -0.1) is 0 Å². The number of nitrogens with two attached hydrogens (primary N) is 1. The van der Waals surface area contributed by atoms with E-state index in [1.165, 1.54) is 44.1 Å². The van der Waals surface area contributed by atoms with Crippen LogP contribution < -0.4 is 5.73 Å². The summed E-state index contributed by atoms with van der Waals surface area (Å²) in [7, 11) is 9.28. The summed E-state index contributed by atoms with van der Waals surface area (Å²) in [4.78, 5) is 39.8. The van der Waals surface area contributed by atoms with Gasteiger partial charge < -0.3 is 40.9 Å². The molecule has 6 atom stereocenters. The molecule has 0 unspecified atom stereocenters. The van der Waals surface area contributed by atoms with Crippen molar-refractivity contribution in [1.29, 1.82) is 0 Å². The third-order valence-electron chi connectivity index (χ3n) is 7.71. The summed E-state index contributed by atoms with van der Waals surface area (Å²) in [5.41, 5.74) is -1.88. The molecule has 0 saturated heterocycles. The molecular formula is C28H38CaN3O9+3. The molecule has 3 aliphatic carbocycles. The van der Waals surface area contributed by atoms with Gasteiger partial charge in [-0.25, -0.2) is 0 Å². The Morgan fingerprint density at radius 2 is 1.71 bits per heavy atom. The fourth-order valence-corrected chi connectivity index (χ4v) is 5.99. The minimum Gasteiger partial charge on any atom is -0.510 e. The van der Waals surface area contributed by atoms with Crippen LogP contribution in [0.2, 0.25) is 0 Å². The number of amides is 1. The Kier molecular flexibility index (Phi) is 10.0. The van der Waals surface area contributed by atoms with Crippen molar-refractivity contribution in [3.05, 3.63) is 64.6 Å². The number of benzene rings is 1. The quantitative estimate of drug-likeness (QED) is 0.0998. The van der Waals surface area contributed by atoms with E-state index in [1.807, 2.05) is 6.08 Å². The van der Waals surface area contributed by atoms with Crippen molar-refractivity contribution in [2.24, 2.45) is 17.6 Å². The smallest absolute Gasteiger partial charge is 0.510 e. The molecule has 0 aliphatic heterocycles. The number of aromatic hydroxyl groups is 1. The van der Waals surface area contributed by atoms with Crippen LogP contribution >= 0.6 is 0 Å². The summed E-state index contributed by atoms with van der Waals surface area (Å²) in [6.45, 7) is 5.93. The van der Waals surface area contributed by atoms with Crippen LogP contribution in [0.1, 0.15) is 22.8 Å². The number of nitrogens with zero attached hydrogens (tertiary/aromatic N) is 2. The number of hydrogen-bond donors (Lipinski definition) is 7. The minimum absolute atomic E-state index is 0. The fraction of sp³-hybridized carbons (Fsp3) is 0.464. The van der Waals surface area contributed by atoms with E-state index in [0.717, 1.165) is 11.0 Å². The number of carbonyl (C=O) groups excluding carboxylic acids is 3. The number of carbonyl (C=O) groups is 3. The van der Waals surface area contributed by atoms with E-state index in [4.69, 9.17) is 5.73 Å². The molecule has 13 heteroatoms. The van der Waals surface area contributed by atoms with Gasteiger partial charge in [-0.3, -0.25) is 19.3 Å². The van der Waals surface area contributed by atoms with E-state index in [0.29, 0.717) is 0 Å². The Labute approximate surface area is 268 Å². The molecule has 218 valence electrons. The molecule has 8 N–H and O–H groups in total. The first-order valence-corrected chi connectivity index (χ1v) is 12.6. The number of phenolic OH excluding ortho intramolecular Hbond substituents is 1. The predicted molar refractivity (Wildman–Crippen MR) is 150 cm³/mol. The Balaban J connectivity index is 0.000000655. The van der Waals surface area contributed by atoms with Gasteiger partial charge in [0, 0.05) is 0 Å². The van der Waals surface area contributed by atoms with Crippen LogP contribution in [0, 0.1) is 11.8 Å². The van der Waals surface area contributed by atoms with Gasteiger partial charge >= 0.3 is 37.7 Å². The Hall–Kier alpha value is -2.29. The number of hydrogen-bond acceptors (Lipinski definition) is 10. The first-order valence-electron chi connectivity index (χ1n) is 12.6. The molecule has 41 heavy (non-hydrogen) atoms. The van der Waals surface area contributed by atoms with Crippen molar-refractivity contribution in [3.63, 3.8) is 0 Å². The summed E-state index contributed by atoms with van der Waals surface area (Å²) >= 11 is 0. The van der Waals surface area contributed by atoms with Crippen molar-refractivity contribution in [1.82, 2.24) is 4.90 Å². The van der Waals surface area contributed by atoms with E-state index in [1.54, 1.807) is 0 Å². The van der Waals surface area contributed by atoms with Gasteiger partial charge in [0.05, 0.1) is 68.4 Å². The molecule has 0 aromatic heterocycles. The summed E-state index contributed by atoms with van der Waals surface area (Å²) < 4.78 is 0.976. The largest absolute Gasteiger partial charge is 2.00 e. The van der Waals surface area contributed by atoms with E-state index >= 15 is 0 Å². The molecule has 12 nitrogen and oxygen atoms in total. The van der Waals surface area contributed by atoms with Crippen LogP contribution in [0.4, 0.5) is 0 Å². The predicted octanol–water partition coefficient (Wildman–Crippen LogP) is -0.746. The minimum atomic E-state index is -3.02. The molecule has 1 aromatic rings. The number of fused-ring (bicyclic) bond motifs is 3. The maximum atomic E-state index is 13.3. The van der Waals surface area contributed by atoms with Crippen LogP contribution in [0.25, 0.3) is 0 Å². The van der Waals surface area contributed by atoms with Crippen LogP contribution in [-0.4, -0.2) is 155 Å². The third-order valence-corrected chi connectivity index (χ3v) is 7.71. The average Bonchev–Trinajstić information content (AvgIpc) is 2.81. The van der Waals surface area contributed by atoms with E-state index in [2.05, 4.69) is 27.7 Å². The summed E-state index contributed by atoms with van der Waals surface area (Å²) in [6.07, 6.45) is 0.0586. The normalized spacial score (nSPS) is 30.9. The number of primary amides is 1. The number of aliphatic hydroxyl groups is 5. The molecule has 0 radical (unpaired) electrons. The molecule has 0 saturated carbocycles. The molecule has 4 rings (SSSR count). The van der Waals surface area contributed by atoms with Gasteiger partial charge in [0.15, 0.2) is 11.4 Å². The van der Waals surface area contributed by atoms with Crippen LogP contribution in [0.15, 0.2) is 53.5 Å². The van der Waals surface area contributed by atoms with Gasteiger partial charge in [0.1, 0.15) is 22.8 Å². The Morgan fingerprint density at radius 3 is 2.15 bits per heavy atom. The first-order chi connectivity index (χ1) is 18.3. The average molecular weight is 601 g/mol. The van der Waals surface area contributed by atoms with Crippen LogP contribution in [0.5, 0.6) is 5.75 Å². The number of phenols is 1. The van der Waals surface area contributed by atoms with Crippen molar-refractivity contribution in [2.75, 3.05) is 41.8 Å². The molecule has 0 heterocycles. The number of Topliss-reactive ketones (excluding diaryl/α,β-unsaturated/α-hetero) is 2. The Morgan fingerprint density at radius 1 is 1.15 bits per heavy atom. The van der Waals surface area contributed by atoms with E-state index in [-0.39, 0.29) is 48.9 Å². The number of quaternary nitrogens is 1. The van der Waals surface area contributed by atoms with E-state index in [9.17, 15) is 45.0 Å². The van der Waals surface area contributed by atoms with Gasteiger partial charge in [-0.1, -0.05) is 18.7 Å². The van der Waals surface area contributed by atoms with Crippen LogP contribution in [0.3, 0.4) is 0 Å². The molecule has 0 spiro atoms. The number of likely N-dealkylation sites (N-methyl/N-ethyl adjacent to an activating group) is 2. The van der Waals surface area contributed by atoms with Gasteiger partial charge in [0.2, 0.25) is 5.78 Å². The maximum Gasteiger partial charge on any atom is 2.00 e. The summed E-state index contributed by atoms with van der Waals surface area (Å²) in [5.74, 6) is -9.66. The zero-order chi connectivity index (χ0) is 30.7. The van der Waals surface area contributed by atoms with Crippen molar-refractivity contribution < 1.29 is 49.5 Å². The molecule has 1 amide bonds. The standard InChI is InChI=1S/C22H24N2O9.C6H14N.Ca/c1-21(32)7-5-4-6-8(25)9(7)15(26)10-12(21)17(28)13-14(24(2)3)16(27)11(20(23)31)19(30)22(13,33)18(10)29;1-5-6-7(2,3)4;/h4-6,12-14,17,25,27-29,32-33H,1-3H3,(H2,23,31);5H,1,6H2,2-4H3;/q;+1;+2/t12-,13-,14+,17+,21-,22+;;/m1../s1. The topological polar surface area (TPSA) is 202 Å². The maximum absolute atomic E-state index is 13.3.